The summed E-state index contributed by atoms with van der Waals surface area (Å²) in [5.41, 5.74) is 4.75. The number of hydrogen-bond donors (Lipinski definition) is 0. The Kier molecular flexibility index (Phi) is 5.85. The highest BCUT2D eigenvalue weighted by atomic mass is 35.5. The van der Waals surface area contributed by atoms with Crippen LogP contribution in [0.3, 0.4) is 0 Å². The molecule has 2 aromatic heterocycles. The average molecular weight is 396 g/mol. The van der Waals surface area contributed by atoms with Crippen LogP contribution < -0.4 is 4.80 Å². The molecule has 1 aliphatic carbocycles. The van der Waals surface area contributed by atoms with Gasteiger partial charge in [0.1, 0.15) is 0 Å². The van der Waals surface area contributed by atoms with E-state index < -0.39 is 0 Å². The molecule has 0 bridgehead atoms. The first-order chi connectivity index (χ1) is 13.3. The van der Waals surface area contributed by atoms with Crippen LogP contribution >= 0.6 is 22.9 Å². The molecule has 0 saturated heterocycles. The SMILES string of the molecule is Clc1cccc(-c2csc(=Nc3cccnc3)n2CCC2=CCCCC2)c1. The molecule has 27 heavy (non-hydrogen) atoms. The number of nitrogens with zero attached hydrogens (tertiary/aromatic N) is 3. The molecule has 4 rings (SSSR count). The molecule has 1 aliphatic rings. The molecule has 5 heteroatoms. The van der Waals surface area contributed by atoms with Crippen molar-refractivity contribution in [1.82, 2.24) is 9.55 Å². The topological polar surface area (TPSA) is 30.2 Å². The number of halogens is 1. The smallest absolute Gasteiger partial charge is 0.190 e. The van der Waals surface area contributed by atoms with E-state index in [0.717, 1.165) is 34.0 Å². The van der Waals surface area contributed by atoms with E-state index in [1.54, 1.807) is 29.3 Å². The summed E-state index contributed by atoms with van der Waals surface area (Å²) in [4.78, 5) is 10.0. The lowest BCUT2D eigenvalue weighted by Crippen LogP contribution is -2.16. The molecule has 0 aliphatic heterocycles. The Morgan fingerprint density at radius 1 is 1.19 bits per heavy atom. The zero-order chi connectivity index (χ0) is 18.5. The normalized spacial score (nSPS) is 15.0. The van der Waals surface area contributed by atoms with Gasteiger partial charge in [-0.3, -0.25) is 4.98 Å². The van der Waals surface area contributed by atoms with Gasteiger partial charge in [-0.15, -0.1) is 11.3 Å². The fourth-order valence-electron chi connectivity index (χ4n) is 3.43. The highest BCUT2D eigenvalue weighted by Crippen LogP contribution is 2.26. The van der Waals surface area contributed by atoms with Gasteiger partial charge in [-0.2, -0.15) is 0 Å². The van der Waals surface area contributed by atoms with Crippen LogP contribution in [0.5, 0.6) is 0 Å². The van der Waals surface area contributed by atoms with Crippen molar-refractivity contribution < 1.29 is 0 Å². The number of rotatable bonds is 5. The quantitative estimate of drug-likeness (QED) is 0.460. The summed E-state index contributed by atoms with van der Waals surface area (Å²) in [6.45, 7) is 0.927. The predicted octanol–water partition coefficient (Wildman–Crippen LogP) is 6.39. The minimum atomic E-state index is 0.756. The Hall–Kier alpha value is -2.17. The van der Waals surface area contributed by atoms with E-state index in [-0.39, 0.29) is 0 Å². The fraction of sp³-hybridized carbons (Fsp3) is 0.273. The van der Waals surface area contributed by atoms with Gasteiger partial charge in [-0.25, -0.2) is 4.99 Å². The summed E-state index contributed by atoms with van der Waals surface area (Å²) in [6.07, 6.45) is 12.2. The van der Waals surface area contributed by atoms with E-state index in [1.165, 1.54) is 31.4 Å². The van der Waals surface area contributed by atoms with Crippen molar-refractivity contribution in [2.45, 2.75) is 38.6 Å². The van der Waals surface area contributed by atoms with Crippen LogP contribution in [-0.4, -0.2) is 9.55 Å². The van der Waals surface area contributed by atoms with Crippen LogP contribution in [0.1, 0.15) is 32.1 Å². The lowest BCUT2D eigenvalue weighted by molar-refractivity contribution is 0.621. The van der Waals surface area contributed by atoms with E-state index >= 15 is 0 Å². The third kappa shape index (κ3) is 4.57. The van der Waals surface area contributed by atoms with E-state index in [4.69, 9.17) is 16.6 Å². The van der Waals surface area contributed by atoms with Crippen LogP contribution in [0.4, 0.5) is 5.69 Å². The van der Waals surface area contributed by atoms with E-state index in [1.807, 2.05) is 30.3 Å². The molecule has 138 valence electrons. The fourth-order valence-corrected chi connectivity index (χ4v) is 4.58. The van der Waals surface area contributed by atoms with Crippen molar-refractivity contribution in [3.8, 4) is 11.3 Å². The van der Waals surface area contributed by atoms with E-state index in [0.29, 0.717) is 0 Å². The molecular weight excluding hydrogens is 374 g/mol. The van der Waals surface area contributed by atoms with Crippen molar-refractivity contribution in [3.05, 3.63) is 75.6 Å². The molecule has 3 nitrogen and oxygen atoms in total. The molecule has 1 aromatic carbocycles. The summed E-state index contributed by atoms with van der Waals surface area (Å²) in [5.74, 6) is 0. The summed E-state index contributed by atoms with van der Waals surface area (Å²) < 4.78 is 2.32. The molecule has 0 N–H and O–H groups in total. The molecule has 0 unspecified atom stereocenters. The van der Waals surface area contributed by atoms with Gasteiger partial charge in [0.25, 0.3) is 0 Å². The maximum Gasteiger partial charge on any atom is 0.190 e. The zero-order valence-electron chi connectivity index (χ0n) is 15.1. The summed E-state index contributed by atoms with van der Waals surface area (Å²) in [7, 11) is 0. The van der Waals surface area contributed by atoms with Crippen molar-refractivity contribution in [1.29, 1.82) is 0 Å². The summed E-state index contributed by atoms with van der Waals surface area (Å²) in [5, 5.41) is 2.93. The highest BCUT2D eigenvalue weighted by molar-refractivity contribution is 7.07. The van der Waals surface area contributed by atoms with E-state index in [2.05, 4.69) is 27.1 Å². The van der Waals surface area contributed by atoms with Crippen LogP contribution in [0.15, 0.2) is 70.8 Å². The second-order valence-corrected chi connectivity index (χ2v) is 8.02. The predicted molar refractivity (Wildman–Crippen MR) is 113 cm³/mol. The minimum Gasteiger partial charge on any atom is -0.316 e. The van der Waals surface area contributed by atoms with Crippen molar-refractivity contribution in [2.75, 3.05) is 0 Å². The lowest BCUT2D eigenvalue weighted by atomic mass is 9.97. The van der Waals surface area contributed by atoms with Gasteiger partial charge in [0, 0.05) is 28.7 Å². The van der Waals surface area contributed by atoms with Crippen molar-refractivity contribution >= 4 is 28.6 Å². The van der Waals surface area contributed by atoms with Crippen molar-refractivity contribution in [3.63, 3.8) is 0 Å². The molecule has 0 saturated carbocycles. The van der Waals surface area contributed by atoms with Gasteiger partial charge in [0.05, 0.1) is 17.6 Å². The van der Waals surface area contributed by atoms with Gasteiger partial charge < -0.3 is 4.57 Å². The highest BCUT2D eigenvalue weighted by Gasteiger charge is 2.11. The average Bonchev–Trinajstić information content (AvgIpc) is 3.10. The first-order valence-electron chi connectivity index (χ1n) is 9.36. The van der Waals surface area contributed by atoms with Gasteiger partial charge >= 0.3 is 0 Å². The van der Waals surface area contributed by atoms with Gasteiger partial charge in [0.15, 0.2) is 4.80 Å². The third-order valence-electron chi connectivity index (χ3n) is 4.83. The zero-order valence-corrected chi connectivity index (χ0v) is 16.7. The molecule has 0 fully saturated rings. The largest absolute Gasteiger partial charge is 0.316 e. The molecule has 2 heterocycles. The molecular formula is C22H22ClN3S. The first-order valence-corrected chi connectivity index (χ1v) is 10.6. The second-order valence-electron chi connectivity index (χ2n) is 6.75. The summed E-state index contributed by atoms with van der Waals surface area (Å²) >= 11 is 7.90. The molecule has 0 radical (unpaired) electrons. The first kappa shape index (κ1) is 18.2. The number of benzene rings is 1. The van der Waals surface area contributed by atoms with Crippen LogP contribution in [-0.2, 0) is 6.54 Å². The Morgan fingerprint density at radius 3 is 2.93 bits per heavy atom. The minimum absolute atomic E-state index is 0.756. The lowest BCUT2D eigenvalue weighted by Gasteiger charge is -2.14. The van der Waals surface area contributed by atoms with E-state index in [9.17, 15) is 0 Å². The monoisotopic (exact) mass is 395 g/mol. The maximum absolute atomic E-state index is 6.24. The summed E-state index contributed by atoms with van der Waals surface area (Å²) in [6, 6.07) is 11.9. The number of allylic oxidation sites excluding steroid dienone is 2. The third-order valence-corrected chi connectivity index (χ3v) is 5.93. The number of aromatic nitrogens is 2. The number of hydrogen-bond acceptors (Lipinski definition) is 3. The Labute approximate surface area is 168 Å². The van der Waals surface area contributed by atoms with Gasteiger partial charge in [0.2, 0.25) is 0 Å². The molecule has 3 aromatic rings. The Bertz CT molecular complexity index is 1000. The van der Waals surface area contributed by atoms with Crippen LogP contribution in [0, 0.1) is 0 Å². The molecule has 0 spiro atoms. The Morgan fingerprint density at radius 2 is 2.15 bits per heavy atom. The van der Waals surface area contributed by atoms with Crippen molar-refractivity contribution in [2.24, 2.45) is 4.99 Å². The number of thiazole rings is 1. The van der Waals surface area contributed by atoms with Crippen LogP contribution in [0.2, 0.25) is 5.02 Å². The standard InChI is InChI=1S/C22H22ClN3S/c23-19-9-4-8-18(14-19)21-16-27-22(25-20-10-5-12-24-15-20)26(21)13-11-17-6-2-1-3-7-17/h4-6,8-10,12,14-16H,1-3,7,11,13H2. The second kappa shape index (κ2) is 8.68. The maximum atomic E-state index is 6.24. The number of pyridine rings is 1. The van der Waals surface area contributed by atoms with Gasteiger partial charge in [-0.05, 0) is 56.4 Å². The van der Waals surface area contributed by atoms with Crippen LogP contribution in [0.25, 0.3) is 11.3 Å². The molecule has 0 amide bonds. The van der Waals surface area contributed by atoms with Gasteiger partial charge in [-0.1, -0.05) is 35.4 Å². The Balaban J connectivity index is 1.73. The molecule has 0 atom stereocenters.